The van der Waals surface area contributed by atoms with Crippen LogP contribution in [0.25, 0.3) is 11.2 Å². The van der Waals surface area contributed by atoms with Crippen molar-refractivity contribution in [1.82, 2.24) is 24.6 Å². The zero-order chi connectivity index (χ0) is 30.1. The Hall–Kier alpha value is -2.94. The highest BCUT2D eigenvalue weighted by Gasteiger charge is 2.56. The van der Waals surface area contributed by atoms with Crippen molar-refractivity contribution in [1.29, 1.82) is 0 Å². The number of fused-ring (bicyclic) bond motifs is 1. The summed E-state index contributed by atoms with van der Waals surface area (Å²) >= 11 is 5.71. The van der Waals surface area contributed by atoms with Gasteiger partial charge < -0.3 is 34.3 Å². The van der Waals surface area contributed by atoms with Crippen LogP contribution in [0.2, 0.25) is 0 Å². The van der Waals surface area contributed by atoms with Crippen molar-refractivity contribution in [2.75, 3.05) is 31.3 Å². The molecule has 1 aliphatic rings. The molecule has 4 rings (SSSR count). The van der Waals surface area contributed by atoms with E-state index >= 15 is 4.39 Å². The standard InChI is InChI=1S/C25H35FN7O6PS/c1-14(2)37-22(35)15(3)31-40(41,39-16-10-8-7-9-11-16)36-12-17-19(34)25(4,26)23(38-17)33-13-28-18-20(32(5)6)29-24(27)30-21(18)33/h7-11,13-15,17,19,23,34H,12H2,1-6H3,(H,31,41)(H2,27,29,30)/t15-,17+,19+,23+,25+,40?/m0/s1. The van der Waals surface area contributed by atoms with E-state index in [1.54, 1.807) is 70.1 Å². The number of imidazole rings is 1. The largest absolute Gasteiger partial charge is 0.462 e. The summed E-state index contributed by atoms with van der Waals surface area (Å²) in [5, 5.41) is 13.9. The lowest BCUT2D eigenvalue weighted by Gasteiger charge is -2.28. The molecule has 0 bridgehead atoms. The SMILES string of the molecule is CC(C)OC(=O)[C@H](C)NP(=S)(OC[C@H]1O[C@@H](n2cnc3c(N(C)C)nc(N)nc32)[C@](C)(F)[C@@H]1O)Oc1ccccc1. The van der Waals surface area contributed by atoms with Gasteiger partial charge in [-0.25, -0.2) is 14.5 Å². The Labute approximate surface area is 242 Å². The highest BCUT2D eigenvalue weighted by atomic mass is 32.5. The fraction of sp³-hybridized carbons (Fsp3) is 0.520. The first-order valence-electron chi connectivity index (χ1n) is 12.9. The van der Waals surface area contributed by atoms with E-state index in [-0.39, 0.29) is 24.3 Å². The van der Waals surface area contributed by atoms with Gasteiger partial charge in [0.2, 0.25) is 5.95 Å². The van der Waals surface area contributed by atoms with E-state index in [0.29, 0.717) is 17.1 Å². The van der Waals surface area contributed by atoms with Crippen molar-refractivity contribution in [2.24, 2.45) is 0 Å². The van der Waals surface area contributed by atoms with Gasteiger partial charge in [0.15, 0.2) is 28.9 Å². The van der Waals surface area contributed by atoms with Crippen molar-refractivity contribution in [2.45, 2.75) is 63.9 Å². The number of nitrogens with two attached hydrogens (primary N) is 1. The first-order chi connectivity index (χ1) is 19.2. The van der Waals surface area contributed by atoms with Crippen LogP contribution in [-0.4, -0.2) is 81.3 Å². The van der Waals surface area contributed by atoms with Crippen LogP contribution in [0.5, 0.6) is 5.75 Å². The molecule has 0 amide bonds. The molecule has 1 saturated heterocycles. The van der Waals surface area contributed by atoms with Crippen molar-refractivity contribution in [3.63, 3.8) is 0 Å². The van der Waals surface area contributed by atoms with E-state index in [4.69, 9.17) is 36.1 Å². The molecule has 3 aromatic rings. The molecule has 1 aliphatic heterocycles. The third kappa shape index (κ3) is 6.76. The number of nitrogen functional groups attached to an aromatic ring is 1. The van der Waals surface area contributed by atoms with Gasteiger partial charge >= 0.3 is 12.6 Å². The monoisotopic (exact) mass is 611 g/mol. The molecule has 0 radical (unpaired) electrons. The highest BCUT2D eigenvalue weighted by Crippen LogP contribution is 2.48. The van der Waals surface area contributed by atoms with Gasteiger partial charge in [0, 0.05) is 14.1 Å². The number of esters is 1. The van der Waals surface area contributed by atoms with E-state index in [0.717, 1.165) is 0 Å². The fourth-order valence-electron chi connectivity index (χ4n) is 4.26. The van der Waals surface area contributed by atoms with Gasteiger partial charge in [-0.05, 0) is 51.6 Å². The smallest absolute Gasteiger partial charge is 0.323 e. The number of nitrogens with one attached hydrogen (secondary N) is 1. The maximum absolute atomic E-state index is 16.1. The van der Waals surface area contributed by atoms with Crippen LogP contribution in [0, 0.1) is 0 Å². The summed E-state index contributed by atoms with van der Waals surface area (Å²) in [7, 11) is 3.53. The zero-order valence-corrected chi connectivity index (χ0v) is 25.3. The van der Waals surface area contributed by atoms with Crippen LogP contribution >= 0.6 is 6.64 Å². The lowest BCUT2D eigenvalue weighted by atomic mass is 9.98. The van der Waals surface area contributed by atoms with Gasteiger partial charge in [0.05, 0.1) is 19.0 Å². The zero-order valence-electron chi connectivity index (χ0n) is 23.6. The molecule has 1 fully saturated rings. The number of alkyl halides is 1. The van der Waals surface area contributed by atoms with E-state index in [1.165, 1.54) is 17.8 Å². The quantitative estimate of drug-likeness (QED) is 0.215. The second kappa shape index (κ2) is 12.1. The number of carbonyl (C=O) groups is 1. The molecule has 16 heteroatoms. The van der Waals surface area contributed by atoms with E-state index in [9.17, 15) is 9.90 Å². The molecule has 0 saturated carbocycles. The van der Waals surface area contributed by atoms with Gasteiger partial charge in [-0.15, -0.1) is 0 Å². The number of nitrogens with zero attached hydrogens (tertiary/aromatic N) is 5. The van der Waals surface area contributed by atoms with Crippen molar-refractivity contribution in [3.05, 3.63) is 36.7 Å². The van der Waals surface area contributed by atoms with Crippen LogP contribution < -0.4 is 20.2 Å². The maximum Gasteiger partial charge on any atom is 0.323 e. The minimum Gasteiger partial charge on any atom is -0.462 e. The predicted molar refractivity (Wildman–Crippen MR) is 155 cm³/mol. The number of aliphatic hydroxyl groups is 1. The van der Waals surface area contributed by atoms with Crippen LogP contribution in [0.1, 0.15) is 33.9 Å². The Kier molecular flexibility index (Phi) is 9.16. The maximum atomic E-state index is 16.1. The Morgan fingerprint density at radius 3 is 2.63 bits per heavy atom. The van der Waals surface area contributed by atoms with Crippen LogP contribution in [0.3, 0.4) is 0 Å². The second-order valence-electron chi connectivity index (χ2n) is 10.3. The molecule has 41 heavy (non-hydrogen) atoms. The Morgan fingerprint density at radius 1 is 1.32 bits per heavy atom. The number of aliphatic hydroxyl groups excluding tert-OH is 1. The molecule has 3 heterocycles. The summed E-state index contributed by atoms with van der Waals surface area (Å²) < 4.78 is 40.7. The normalized spacial score (nSPS) is 24.8. The summed E-state index contributed by atoms with van der Waals surface area (Å²) in [6.45, 7) is 2.43. The molecule has 2 aromatic heterocycles. The number of rotatable bonds is 11. The highest BCUT2D eigenvalue weighted by molar-refractivity contribution is 8.09. The second-order valence-corrected chi connectivity index (χ2v) is 13.4. The number of anilines is 2. The summed E-state index contributed by atoms with van der Waals surface area (Å²) in [6.07, 6.45) is -3.10. The number of ether oxygens (including phenoxy) is 2. The van der Waals surface area contributed by atoms with Crippen LogP contribution in [0.15, 0.2) is 36.7 Å². The Bertz CT molecular complexity index is 1430. The molecule has 0 spiro atoms. The number of aromatic nitrogens is 4. The Morgan fingerprint density at radius 2 is 2.00 bits per heavy atom. The number of hydrogen-bond acceptors (Lipinski definition) is 12. The molecule has 1 aromatic carbocycles. The predicted octanol–water partition coefficient (Wildman–Crippen LogP) is 2.71. The summed E-state index contributed by atoms with van der Waals surface area (Å²) in [6, 6.07) is 7.78. The Balaban J connectivity index is 1.57. The first kappa shape index (κ1) is 31.0. The minimum atomic E-state index is -3.45. The molecule has 224 valence electrons. The molecule has 13 nitrogen and oxygen atoms in total. The number of para-hydroxylation sites is 1. The van der Waals surface area contributed by atoms with Gasteiger partial charge in [-0.1, -0.05) is 18.2 Å². The number of halogens is 1. The summed E-state index contributed by atoms with van der Waals surface area (Å²) in [5.41, 5.74) is 4.24. The van der Waals surface area contributed by atoms with Crippen LogP contribution in [0.4, 0.5) is 16.2 Å². The average molecular weight is 612 g/mol. The molecule has 1 unspecified atom stereocenters. The third-order valence-electron chi connectivity index (χ3n) is 6.25. The first-order valence-corrected chi connectivity index (χ1v) is 15.5. The van der Waals surface area contributed by atoms with Gasteiger partial charge in [-0.3, -0.25) is 9.36 Å². The third-order valence-corrected chi connectivity index (χ3v) is 8.75. The van der Waals surface area contributed by atoms with Crippen LogP contribution in [-0.2, 0) is 30.6 Å². The molecule has 6 atom stereocenters. The molecule has 0 aliphatic carbocycles. The summed E-state index contributed by atoms with van der Waals surface area (Å²) in [5.74, 6) is 0.262. The van der Waals surface area contributed by atoms with Gasteiger partial charge in [0.25, 0.3) is 0 Å². The molecular weight excluding hydrogens is 576 g/mol. The molecule has 4 N–H and O–H groups in total. The van der Waals surface area contributed by atoms with Gasteiger partial charge in [-0.2, -0.15) is 9.97 Å². The van der Waals surface area contributed by atoms with E-state index < -0.39 is 42.8 Å². The van der Waals surface area contributed by atoms with Gasteiger partial charge in [0.1, 0.15) is 24.0 Å². The average Bonchev–Trinajstić information content (AvgIpc) is 3.40. The van der Waals surface area contributed by atoms with Crippen molar-refractivity contribution < 1.29 is 32.8 Å². The lowest BCUT2D eigenvalue weighted by molar-refractivity contribution is -0.149. The van der Waals surface area contributed by atoms with E-state index in [2.05, 4.69) is 20.0 Å². The summed E-state index contributed by atoms with van der Waals surface area (Å²) in [4.78, 5) is 27.0. The fourth-order valence-corrected chi connectivity index (χ4v) is 6.68. The lowest BCUT2D eigenvalue weighted by Crippen LogP contribution is -2.41. The minimum absolute atomic E-state index is 0.0307. The van der Waals surface area contributed by atoms with Crippen molar-refractivity contribution >= 4 is 47.3 Å². The number of hydrogen-bond donors (Lipinski definition) is 3. The molecular formula is C25H35FN7O6PS. The van der Waals surface area contributed by atoms with E-state index in [1.807, 2.05) is 0 Å². The van der Waals surface area contributed by atoms with Crippen molar-refractivity contribution in [3.8, 4) is 5.75 Å². The topological polar surface area (TPSA) is 159 Å². The number of carbonyl (C=O) groups excluding carboxylic acids is 1. The number of benzene rings is 1.